The number of rotatable bonds is 7. The van der Waals surface area contributed by atoms with E-state index < -0.39 is 11.4 Å². The first-order valence-electron chi connectivity index (χ1n) is 18.2. The minimum atomic E-state index is -0.568. The van der Waals surface area contributed by atoms with Crippen LogP contribution in [0, 0.1) is 30.0 Å². The molecule has 2 amide bonds. The van der Waals surface area contributed by atoms with Crippen molar-refractivity contribution >= 4 is 51.8 Å². The number of pyridine rings is 2. The zero-order chi connectivity index (χ0) is 39.0. The summed E-state index contributed by atoms with van der Waals surface area (Å²) in [6.45, 7) is 11.5. The molecule has 0 unspecified atom stereocenters. The molecular formula is C40H42ClFN10O3. The molecule has 1 aromatic carbocycles. The number of hydrogen-bond acceptors (Lipinski definition) is 10. The Kier molecular flexibility index (Phi) is 10.3. The number of halogens is 2. The smallest absolute Gasteiger partial charge is 0.410 e. The molecule has 0 saturated carbocycles. The predicted octanol–water partition coefficient (Wildman–Crippen LogP) is 7.24. The van der Waals surface area contributed by atoms with Crippen LogP contribution in [0.25, 0.3) is 11.0 Å². The van der Waals surface area contributed by atoms with Crippen LogP contribution in [0.15, 0.2) is 54.9 Å². The minimum absolute atomic E-state index is 0.00500. The molecule has 2 N–H and O–H groups in total. The van der Waals surface area contributed by atoms with E-state index in [1.54, 1.807) is 46.5 Å². The molecule has 13 nitrogen and oxygen atoms in total. The molecule has 1 fully saturated rings. The van der Waals surface area contributed by atoms with Gasteiger partial charge < -0.3 is 29.7 Å². The molecule has 2 aliphatic heterocycles. The van der Waals surface area contributed by atoms with Crippen molar-refractivity contribution in [3.8, 4) is 6.07 Å². The van der Waals surface area contributed by atoms with Gasteiger partial charge in [-0.1, -0.05) is 13.0 Å². The highest BCUT2D eigenvalue weighted by Gasteiger charge is 2.33. The van der Waals surface area contributed by atoms with Crippen molar-refractivity contribution in [3.05, 3.63) is 99.7 Å². The van der Waals surface area contributed by atoms with Crippen molar-refractivity contribution in [1.29, 1.82) is 5.26 Å². The maximum absolute atomic E-state index is 15.0. The second-order valence-corrected chi connectivity index (χ2v) is 15.4. The van der Waals surface area contributed by atoms with Gasteiger partial charge in [-0.25, -0.2) is 24.1 Å². The third-order valence-corrected chi connectivity index (χ3v) is 10.2. The number of benzene rings is 1. The van der Waals surface area contributed by atoms with E-state index in [1.165, 1.54) is 6.07 Å². The fourth-order valence-corrected chi connectivity index (χ4v) is 7.45. The Morgan fingerprint density at radius 3 is 2.64 bits per heavy atom. The quantitative estimate of drug-likeness (QED) is 0.162. The minimum Gasteiger partial charge on any atom is -0.444 e. The standard InChI is InChI=1S/C40H42ClFN10O3/c1-23-20-51(39(54)55-40(3,4)5)16-13-31(23)48-35-34(24(2)46-38(41)49-35)47-27-10-11-32(45-19-27)37(53)50-15-12-28-29-7-6-14-44-36(29)52(33(28)22-50)21-26-9-8-25(18-43)17-30(26)42/h6-11,14,17,19,23,31,47H,12-13,15-16,20-22H2,1-5H3,(H,46,48,49)/t23-,31+/m1/s1. The van der Waals surface area contributed by atoms with Crippen LogP contribution < -0.4 is 10.6 Å². The summed E-state index contributed by atoms with van der Waals surface area (Å²) in [5.41, 5.74) is 4.94. The summed E-state index contributed by atoms with van der Waals surface area (Å²) in [5.74, 6) is -0.0806. The molecule has 5 aromatic rings. The number of hydrogen-bond donors (Lipinski definition) is 2. The zero-order valence-corrected chi connectivity index (χ0v) is 32.1. The number of aryl methyl sites for hydroxylation is 1. The predicted molar refractivity (Wildman–Crippen MR) is 207 cm³/mol. The van der Waals surface area contributed by atoms with Crippen molar-refractivity contribution in [3.63, 3.8) is 0 Å². The highest BCUT2D eigenvalue weighted by Crippen LogP contribution is 2.33. The van der Waals surface area contributed by atoms with Crippen LogP contribution in [-0.4, -0.2) is 77.6 Å². The lowest BCUT2D eigenvalue weighted by Crippen LogP contribution is -2.49. The Labute approximate surface area is 323 Å². The Hall–Kier alpha value is -5.81. The summed E-state index contributed by atoms with van der Waals surface area (Å²) < 4.78 is 22.6. The molecule has 55 heavy (non-hydrogen) atoms. The monoisotopic (exact) mass is 764 g/mol. The number of anilines is 3. The van der Waals surface area contributed by atoms with Crippen molar-refractivity contribution in [2.24, 2.45) is 5.92 Å². The van der Waals surface area contributed by atoms with Crippen LogP contribution >= 0.6 is 11.6 Å². The van der Waals surface area contributed by atoms with Crippen LogP contribution in [0.4, 0.5) is 26.4 Å². The third kappa shape index (κ3) is 8.02. The number of ether oxygens (including phenoxy) is 1. The molecule has 2 aliphatic rings. The molecule has 15 heteroatoms. The lowest BCUT2D eigenvalue weighted by Gasteiger charge is -2.38. The largest absolute Gasteiger partial charge is 0.444 e. The van der Waals surface area contributed by atoms with E-state index in [4.69, 9.17) is 16.3 Å². The van der Waals surface area contributed by atoms with Gasteiger partial charge in [-0.15, -0.1) is 0 Å². The van der Waals surface area contributed by atoms with Crippen molar-refractivity contribution < 1.29 is 18.7 Å². The van der Waals surface area contributed by atoms with E-state index in [1.807, 2.05) is 50.5 Å². The van der Waals surface area contributed by atoms with Gasteiger partial charge in [0, 0.05) is 48.5 Å². The first-order chi connectivity index (χ1) is 26.3. The summed E-state index contributed by atoms with van der Waals surface area (Å²) >= 11 is 6.31. The van der Waals surface area contributed by atoms with Gasteiger partial charge in [-0.2, -0.15) is 10.2 Å². The highest BCUT2D eigenvalue weighted by molar-refractivity contribution is 6.28. The number of nitriles is 1. The maximum atomic E-state index is 15.0. The SMILES string of the molecule is Cc1nc(Cl)nc(N[C@H]2CCN(C(=O)OC(C)(C)C)C[C@H]2C)c1Nc1ccc(C(=O)N2CCc3c(n(Cc4ccc(C#N)cc4F)c4ncccc34)C2)nc1. The molecule has 0 radical (unpaired) electrons. The van der Waals surface area contributed by atoms with Gasteiger partial charge in [0.2, 0.25) is 5.28 Å². The lowest BCUT2D eigenvalue weighted by molar-refractivity contribution is 0.0164. The number of carbonyl (C=O) groups excluding carboxylic acids is 2. The topological polar surface area (TPSA) is 154 Å². The average molecular weight is 765 g/mol. The van der Waals surface area contributed by atoms with Crippen LogP contribution in [0.1, 0.15) is 72.7 Å². The van der Waals surface area contributed by atoms with Crippen LogP contribution in [0.2, 0.25) is 5.28 Å². The molecule has 4 aromatic heterocycles. The van der Waals surface area contributed by atoms with Crippen molar-refractivity contribution in [2.75, 3.05) is 30.3 Å². The normalized spacial score (nSPS) is 17.1. The van der Waals surface area contributed by atoms with E-state index in [0.717, 1.165) is 22.3 Å². The van der Waals surface area contributed by atoms with Crippen LogP contribution in [-0.2, 0) is 24.2 Å². The lowest BCUT2D eigenvalue weighted by atomic mass is 9.94. The van der Waals surface area contributed by atoms with Crippen molar-refractivity contribution in [2.45, 2.75) is 72.2 Å². The zero-order valence-electron chi connectivity index (χ0n) is 31.4. The van der Waals surface area contributed by atoms with E-state index in [9.17, 15) is 14.9 Å². The third-order valence-electron chi connectivity index (χ3n) is 10.0. The van der Waals surface area contributed by atoms with Gasteiger partial charge in [0.1, 0.15) is 28.4 Å². The first-order valence-corrected chi connectivity index (χ1v) is 18.6. The summed E-state index contributed by atoms with van der Waals surface area (Å²) in [5, 5.41) is 17.2. The summed E-state index contributed by atoms with van der Waals surface area (Å²) in [6, 6.07) is 13.8. The van der Waals surface area contributed by atoms with Gasteiger partial charge in [0.15, 0.2) is 5.82 Å². The number of carbonyl (C=O) groups is 2. The second-order valence-electron chi connectivity index (χ2n) is 15.1. The fraction of sp³-hybridized carbons (Fsp3) is 0.375. The van der Waals surface area contributed by atoms with Gasteiger partial charge in [0.05, 0.1) is 42.3 Å². The number of nitrogens with zero attached hydrogens (tertiary/aromatic N) is 8. The van der Waals surface area contributed by atoms with Gasteiger partial charge >= 0.3 is 6.09 Å². The van der Waals surface area contributed by atoms with Gasteiger partial charge in [0.25, 0.3) is 5.91 Å². The van der Waals surface area contributed by atoms with E-state index >= 15 is 4.39 Å². The number of fused-ring (bicyclic) bond motifs is 3. The second kappa shape index (κ2) is 15.1. The summed E-state index contributed by atoms with van der Waals surface area (Å²) in [4.78, 5) is 48.1. The Balaban J connectivity index is 1.06. The molecule has 6 heterocycles. The average Bonchev–Trinajstić information content (AvgIpc) is 3.46. The molecule has 0 bridgehead atoms. The molecule has 284 valence electrons. The number of nitrogens with one attached hydrogen (secondary N) is 2. The number of piperidine rings is 1. The van der Waals surface area contributed by atoms with Crippen LogP contribution in [0.5, 0.6) is 0 Å². The fourth-order valence-electron chi connectivity index (χ4n) is 7.24. The van der Waals surface area contributed by atoms with Gasteiger partial charge in [-0.05, 0) is 100 Å². The molecule has 1 saturated heterocycles. The van der Waals surface area contributed by atoms with Crippen LogP contribution in [0.3, 0.4) is 0 Å². The van der Waals surface area contributed by atoms with E-state index in [0.29, 0.717) is 67.5 Å². The molecular weight excluding hydrogens is 723 g/mol. The summed E-state index contributed by atoms with van der Waals surface area (Å²) in [7, 11) is 0. The number of amides is 2. The number of aromatic nitrogens is 5. The highest BCUT2D eigenvalue weighted by atomic mass is 35.5. The first kappa shape index (κ1) is 37.5. The Bertz CT molecular complexity index is 2320. The number of likely N-dealkylation sites (tertiary alicyclic amines) is 1. The Morgan fingerprint density at radius 1 is 1.11 bits per heavy atom. The molecule has 2 atom stereocenters. The van der Waals surface area contributed by atoms with E-state index in [2.05, 4.69) is 37.5 Å². The molecule has 0 spiro atoms. The molecule has 0 aliphatic carbocycles. The van der Waals surface area contributed by atoms with E-state index in [-0.39, 0.29) is 47.0 Å². The maximum Gasteiger partial charge on any atom is 0.410 e. The van der Waals surface area contributed by atoms with Gasteiger partial charge in [-0.3, -0.25) is 4.79 Å². The summed E-state index contributed by atoms with van der Waals surface area (Å²) in [6.07, 6.45) is 4.27. The Morgan fingerprint density at radius 2 is 1.93 bits per heavy atom. The van der Waals surface area contributed by atoms with Crippen molar-refractivity contribution in [1.82, 2.24) is 34.3 Å². The molecule has 7 rings (SSSR count).